The molecule has 0 unspecified atom stereocenters. The van der Waals surface area contributed by atoms with E-state index in [0.717, 1.165) is 12.1 Å². The second-order valence-corrected chi connectivity index (χ2v) is 5.32. The monoisotopic (exact) mass is 270 g/mol. The predicted molar refractivity (Wildman–Crippen MR) is 64.9 cm³/mol. The number of aromatic nitrogens is 2. The molecule has 0 saturated heterocycles. The van der Waals surface area contributed by atoms with Crippen molar-refractivity contribution < 1.29 is 12.8 Å². The average molecular weight is 270 g/mol. The summed E-state index contributed by atoms with van der Waals surface area (Å²) in [6, 6.07) is 3.44. The van der Waals surface area contributed by atoms with E-state index < -0.39 is 15.8 Å². The Kier molecular flexibility index (Phi) is 2.95. The lowest BCUT2D eigenvalue weighted by Gasteiger charge is -2.08. The first-order valence-electron chi connectivity index (χ1n) is 4.98. The maximum atomic E-state index is 13.0. The fourth-order valence-electron chi connectivity index (χ4n) is 1.35. The normalized spacial score (nSPS) is 11.4. The molecule has 0 bridgehead atoms. The molecule has 96 valence electrons. The number of aromatic amines is 1. The zero-order chi connectivity index (χ0) is 13.3. The van der Waals surface area contributed by atoms with Crippen molar-refractivity contribution in [3.63, 3.8) is 0 Å². The van der Waals surface area contributed by atoms with Gasteiger partial charge in [0.1, 0.15) is 11.6 Å². The van der Waals surface area contributed by atoms with E-state index in [1.165, 1.54) is 12.3 Å². The Labute approximate surface area is 103 Å². The Balaban J connectivity index is 2.36. The molecule has 2 aromatic rings. The summed E-state index contributed by atoms with van der Waals surface area (Å²) in [7, 11) is -3.85. The van der Waals surface area contributed by atoms with E-state index in [9.17, 15) is 12.8 Å². The number of nitrogens with zero attached hydrogens (tertiary/aromatic N) is 1. The van der Waals surface area contributed by atoms with E-state index in [2.05, 4.69) is 14.7 Å². The van der Waals surface area contributed by atoms with Crippen LogP contribution >= 0.6 is 0 Å². The van der Waals surface area contributed by atoms with Gasteiger partial charge in [-0.05, 0) is 19.1 Å². The Morgan fingerprint density at radius 1 is 1.44 bits per heavy atom. The first-order chi connectivity index (χ1) is 8.38. The summed E-state index contributed by atoms with van der Waals surface area (Å²) < 4.78 is 39.0. The van der Waals surface area contributed by atoms with Crippen molar-refractivity contribution in [3.05, 3.63) is 36.0 Å². The number of halogens is 1. The molecule has 0 aliphatic heterocycles. The number of benzene rings is 1. The van der Waals surface area contributed by atoms with Crippen LogP contribution in [-0.2, 0) is 10.0 Å². The smallest absolute Gasteiger partial charge is 0.279 e. The Hall–Kier alpha value is -2.09. The van der Waals surface area contributed by atoms with Crippen LogP contribution in [0.25, 0.3) is 0 Å². The maximum Gasteiger partial charge on any atom is 0.279 e. The summed E-state index contributed by atoms with van der Waals surface area (Å²) in [4.78, 5) is 6.36. The Morgan fingerprint density at radius 3 is 2.78 bits per heavy atom. The Bertz CT molecular complexity index is 681. The van der Waals surface area contributed by atoms with Gasteiger partial charge in [-0.3, -0.25) is 4.72 Å². The van der Waals surface area contributed by atoms with Crippen LogP contribution in [0, 0.1) is 12.7 Å². The van der Waals surface area contributed by atoms with Gasteiger partial charge in [-0.2, -0.15) is 8.42 Å². The van der Waals surface area contributed by atoms with E-state index in [0.29, 0.717) is 5.82 Å². The molecule has 8 heteroatoms. The number of nitrogens with two attached hydrogens (primary N) is 1. The third-order valence-corrected chi connectivity index (χ3v) is 3.50. The quantitative estimate of drug-likeness (QED) is 0.730. The molecule has 1 aromatic carbocycles. The lowest BCUT2D eigenvalue weighted by Crippen LogP contribution is -2.14. The van der Waals surface area contributed by atoms with E-state index in [1.807, 2.05) is 0 Å². The summed E-state index contributed by atoms with van der Waals surface area (Å²) in [5, 5.41) is -0.108. The van der Waals surface area contributed by atoms with Crippen LogP contribution in [0.1, 0.15) is 5.82 Å². The number of rotatable bonds is 3. The molecule has 0 aliphatic carbocycles. The summed E-state index contributed by atoms with van der Waals surface area (Å²) in [6.07, 6.45) is 1.17. The molecule has 0 fully saturated rings. The van der Waals surface area contributed by atoms with E-state index >= 15 is 0 Å². The van der Waals surface area contributed by atoms with Gasteiger partial charge < -0.3 is 10.7 Å². The van der Waals surface area contributed by atoms with Gasteiger partial charge >= 0.3 is 0 Å². The second kappa shape index (κ2) is 4.30. The molecule has 0 amide bonds. The van der Waals surface area contributed by atoms with Crippen molar-refractivity contribution in [3.8, 4) is 0 Å². The van der Waals surface area contributed by atoms with Crippen LogP contribution in [0.3, 0.4) is 0 Å². The van der Waals surface area contributed by atoms with Gasteiger partial charge in [0.05, 0.1) is 17.6 Å². The van der Waals surface area contributed by atoms with E-state index in [-0.39, 0.29) is 16.4 Å². The molecule has 18 heavy (non-hydrogen) atoms. The molecule has 6 nitrogen and oxygen atoms in total. The van der Waals surface area contributed by atoms with Crippen LogP contribution < -0.4 is 10.5 Å². The van der Waals surface area contributed by atoms with Crippen molar-refractivity contribution in [2.45, 2.75) is 11.9 Å². The first-order valence-corrected chi connectivity index (χ1v) is 6.46. The first kappa shape index (κ1) is 12.4. The lowest BCUT2D eigenvalue weighted by molar-refractivity contribution is 0.598. The number of anilines is 2. The second-order valence-electron chi connectivity index (χ2n) is 3.67. The molecule has 1 heterocycles. The highest BCUT2D eigenvalue weighted by atomic mass is 32.2. The van der Waals surface area contributed by atoms with Gasteiger partial charge in [0.25, 0.3) is 10.0 Å². The summed E-state index contributed by atoms with van der Waals surface area (Å²) in [5.41, 5.74) is 5.68. The van der Waals surface area contributed by atoms with Crippen molar-refractivity contribution in [1.29, 1.82) is 0 Å². The minimum atomic E-state index is -3.85. The van der Waals surface area contributed by atoms with Crippen molar-refractivity contribution in [1.82, 2.24) is 9.97 Å². The third kappa shape index (κ3) is 2.43. The zero-order valence-electron chi connectivity index (χ0n) is 9.44. The molecule has 0 radical (unpaired) electrons. The number of hydrogen-bond acceptors (Lipinski definition) is 4. The maximum absolute atomic E-state index is 13.0. The highest BCUT2D eigenvalue weighted by Crippen LogP contribution is 2.22. The van der Waals surface area contributed by atoms with Gasteiger partial charge in [-0.25, -0.2) is 9.37 Å². The third-order valence-electron chi connectivity index (χ3n) is 2.23. The fourth-order valence-corrected chi connectivity index (χ4v) is 2.40. The largest absolute Gasteiger partial charge is 0.397 e. The number of H-pyrrole nitrogens is 1. The number of aryl methyl sites for hydroxylation is 1. The molecule has 4 N–H and O–H groups in total. The number of imidazole rings is 1. The van der Waals surface area contributed by atoms with Crippen molar-refractivity contribution in [2.24, 2.45) is 0 Å². The van der Waals surface area contributed by atoms with Crippen LogP contribution in [0.4, 0.5) is 15.8 Å². The molecule has 2 rings (SSSR count). The van der Waals surface area contributed by atoms with Crippen LogP contribution in [0.2, 0.25) is 0 Å². The molecule has 0 atom stereocenters. The number of nitrogens with one attached hydrogen (secondary N) is 2. The van der Waals surface area contributed by atoms with Gasteiger partial charge in [-0.15, -0.1) is 0 Å². The van der Waals surface area contributed by atoms with Crippen LogP contribution in [0.15, 0.2) is 29.4 Å². The molecular weight excluding hydrogens is 259 g/mol. The molecular formula is C10H11FN4O2S. The van der Waals surface area contributed by atoms with E-state index in [4.69, 9.17) is 5.73 Å². The van der Waals surface area contributed by atoms with Gasteiger partial charge in [0.15, 0.2) is 5.03 Å². The van der Waals surface area contributed by atoms with Gasteiger partial charge in [0, 0.05) is 6.07 Å². The lowest BCUT2D eigenvalue weighted by atomic mass is 10.3. The fraction of sp³-hybridized carbons (Fsp3) is 0.100. The topological polar surface area (TPSA) is 101 Å². The van der Waals surface area contributed by atoms with Crippen molar-refractivity contribution >= 4 is 21.4 Å². The average Bonchev–Trinajstić information content (AvgIpc) is 2.71. The van der Waals surface area contributed by atoms with Gasteiger partial charge in [-0.1, -0.05) is 0 Å². The van der Waals surface area contributed by atoms with Crippen molar-refractivity contribution in [2.75, 3.05) is 10.5 Å². The zero-order valence-corrected chi connectivity index (χ0v) is 10.3. The minimum absolute atomic E-state index is 0.0118. The van der Waals surface area contributed by atoms with Gasteiger partial charge in [0.2, 0.25) is 0 Å². The Morgan fingerprint density at radius 2 is 2.17 bits per heavy atom. The molecule has 0 spiro atoms. The standard InChI is InChI=1S/C10H11FN4O2S/c1-6-13-5-10(14-6)18(16,17)15-9-4-7(11)2-3-8(9)12/h2-5,15H,12H2,1H3,(H,13,14). The summed E-state index contributed by atoms with van der Waals surface area (Å²) in [5.74, 6) is -0.120. The van der Waals surface area contributed by atoms with Crippen LogP contribution in [0.5, 0.6) is 0 Å². The summed E-state index contributed by atoms with van der Waals surface area (Å²) >= 11 is 0. The number of sulfonamides is 1. The summed E-state index contributed by atoms with van der Waals surface area (Å²) in [6.45, 7) is 1.62. The van der Waals surface area contributed by atoms with E-state index in [1.54, 1.807) is 6.92 Å². The number of nitrogen functional groups attached to an aromatic ring is 1. The number of hydrogen-bond donors (Lipinski definition) is 3. The van der Waals surface area contributed by atoms with Crippen LogP contribution in [-0.4, -0.2) is 18.4 Å². The molecule has 1 aromatic heterocycles. The minimum Gasteiger partial charge on any atom is -0.397 e. The predicted octanol–water partition coefficient (Wildman–Crippen LogP) is 1.24. The SMILES string of the molecule is Cc1ncc(S(=O)(=O)Nc2cc(F)ccc2N)[nH]1. The highest BCUT2D eigenvalue weighted by Gasteiger charge is 2.18. The molecule has 0 saturated carbocycles. The highest BCUT2D eigenvalue weighted by molar-refractivity contribution is 7.92. The molecule has 0 aliphatic rings.